The van der Waals surface area contributed by atoms with Gasteiger partial charge in [-0.3, -0.25) is 4.57 Å². The highest BCUT2D eigenvalue weighted by atomic mass is 31.2. The molecule has 2 rings (SSSR count). The Bertz CT molecular complexity index is 823. The lowest BCUT2D eigenvalue weighted by atomic mass is 10.2. The largest absolute Gasteiger partial charge is 0.460 e. The Morgan fingerprint density at radius 2 is 1.19 bits per heavy atom. The molecule has 148 valence electrons. The summed E-state index contributed by atoms with van der Waals surface area (Å²) in [6.07, 6.45) is -6.61. The third kappa shape index (κ3) is 4.05. The normalized spacial score (nSPS) is 15.1. The molecule has 0 aliphatic heterocycles. The van der Waals surface area contributed by atoms with E-state index in [0.717, 1.165) is 24.3 Å². The fourth-order valence-electron chi connectivity index (χ4n) is 2.04. The molecule has 0 amide bonds. The highest BCUT2D eigenvalue weighted by molar-refractivity contribution is 7.68. The number of anilines is 2. The van der Waals surface area contributed by atoms with Gasteiger partial charge in [0.25, 0.3) is 0 Å². The molecule has 27 heavy (non-hydrogen) atoms. The molecule has 0 saturated carbocycles. The fourth-order valence-corrected chi connectivity index (χ4v) is 3.93. The lowest BCUT2D eigenvalue weighted by Crippen LogP contribution is -2.53. The van der Waals surface area contributed by atoms with Crippen LogP contribution >= 0.6 is 7.44 Å². The van der Waals surface area contributed by atoms with Crippen LogP contribution < -0.4 is 10.2 Å². The van der Waals surface area contributed by atoms with E-state index in [1.165, 1.54) is 30.3 Å². The summed E-state index contributed by atoms with van der Waals surface area (Å²) in [6, 6.07) is 11.3. The summed E-state index contributed by atoms with van der Waals surface area (Å²) in [5, 5.41) is 3.32. The zero-order valence-corrected chi connectivity index (χ0v) is 14.6. The second-order valence-electron chi connectivity index (χ2n) is 5.68. The number of nitrogens with one attached hydrogen (secondary N) is 2. The van der Waals surface area contributed by atoms with E-state index in [4.69, 9.17) is 0 Å². The van der Waals surface area contributed by atoms with E-state index in [2.05, 4.69) is 0 Å². The van der Waals surface area contributed by atoms with Gasteiger partial charge in [-0.1, -0.05) is 35.9 Å². The summed E-state index contributed by atoms with van der Waals surface area (Å²) in [6.45, 7) is 1.64. The van der Waals surface area contributed by atoms with Crippen LogP contribution in [0, 0.1) is 6.92 Å². The minimum absolute atomic E-state index is 0.315. The van der Waals surface area contributed by atoms with E-state index in [1.54, 1.807) is 17.1 Å². The molecule has 0 aliphatic carbocycles. The first-order valence-corrected chi connectivity index (χ1v) is 9.12. The molecular weight excluding hydrogens is 400 g/mol. The number of para-hydroxylation sites is 1. The van der Waals surface area contributed by atoms with Gasteiger partial charge in [-0.2, -0.15) is 30.7 Å². The molecule has 0 heterocycles. The average Bonchev–Trinajstić information content (AvgIpc) is 2.56. The van der Waals surface area contributed by atoms with Crippen molar-refractivity contribution in [2.45, 2.75) is 24.7 Å². The van der Waals surface area contributed by atoms with Gasteiger partial charge in [0.2, 0.25) is 0 Å². The van der Waals surface area contributed by atoms with Crippen LogP contribution in [-0.4, -0.2) is 17.8 Å². The van der Waals surface area contributed by atoms with Gasteiger partial charge in [0, 0.05) is 11.4 Å². The van der Waals surface area contributed by atoms with Crippen molar-refractivity contribution in [3.63, 3.8) is 0 Å². The number of halogens is 7. The highest BCUT2D eigenvalue weighted by Gasteiger charge is 2.80. The Hall–Kier alpha value is -2.22. The van der Waals surface area contributed by atoms with Crippen LogP contribution in [0.2, 0.25) is 0 Å². The Morgan fingerprint density at radius 1 is 0.741 bits per heavy atom. The first-order valence-electron chi connectivity index (χ1n) is 7.41. The van der Waals surface area contributed by atoms with E-state index >= 15 is 0 Å². The molecule has 11 heteroatoms. The third-order valence-electron chi connectivity index (χ3n) is 3.53. The van der Waals surface area contributed by atoms with E-state index < -0.39 is 25.2 Å². The fraction of sp³-hybridized carbons (Fsp3) is 0.250. The molecular formula is C16H14F7N2OP. The molecule has 0 spiro atoms. The zero-order valence-electron chi connectivity index (χ0n) is 13.7. The number of hydrogen-bond acceptors (Lipinski definition) is 1. The zero-order chi connectivity index (χ0) is 20.5. The van der Waals surface area contributed by atoms with Gasteiger partial charge in [-0.05, 0) is 31.2 Å². The van der Waals surface area contributed by atoms with Crippen molar-refractivity contribution in [2.24, 2.45) is 0 Å². The van der Waals surface area contributed by atoms with Crippen molar-refractivity contribution in [3.8, 4) is 0 Å². The van der Waals surface area contributed by atoms with Crippen LogP contribution in [-0.2, 0) is 4.57 Å². The SMILES string of the molecule is Cc1ccc(NP(=O)(Nc2ccccc2)C(F)(F)C(F)(F)C(F)(F)F)cc1. The van der Waals surface area contributed by atoms with E-state index in [0.29, 0.717) is 5.56 Å². The first kappa shape index (κ1) is 21.1. The lowest BCUT2D eigenvalue weighted by molar-refractivity contribution is -0.332. The molecule has 2 aromatic rings. The Labute approximate surface area is 150 Å². The van der Waals surface area contributed by atoms with Crippen molar-refractivity contribution in [2.75, 3.05) is 10.2 Å². The predicted octanol–water partition coefficient (Wildman–Crippen LogP) is 6.50. The number of aryl methyl sites for hydroxylation is 1. The molecule has 0 saturated heterocycles. The third-order valence-corrected chi connectivity index (χ3v) is 5.75. The maximum absolute atomic E-state index is 14.3. The van der Waals surface area contributed by atoms with Gasteiger partial charge < -0.3 is 10.2 Å². The van der Waals surface area contributed by atoms with Crippen molar-refractivity contribution in [3.05, 3.63) is 60.2 Å². The smallest absolute Gasteiger partial charge is 0.316 e. The molecule has 1 atom stereocenters. The van der Waals surface area contributed by atoms with Crippen LogP contribution in [0.1, 0.15) is 5.56 Å². The minimum atomic E-state index is -6.61. The molecule has 0 bridgehead atoms. The van der Waals surface area contributed by atoms with Gasteiger partial charge in [-0.15, -0.1) is 0 Å². The van der Waals surface area contributed by atoms with Gasteiger partial charge in [0.1, 0.15) is 0 Å². The van der Waals surface area contributed by atoms with Crippen LogP contribution in [0.3, 0.4) is 0 Å². The van der Waals surface area contributed by atoms with Crippen molar-refractivity contribution < 1.29 is 35.3 Å². The molecule has 0 aliphatic rings. The monoisotopic (exact) mass is 414 g/mol. The van der Waals surface area contributed by atoms with Gasteiger partial charge in [0.05, 0.1) is 0 Å². The predicted molar refractivity (Wildman–Crippen MR) is 88.4 cm³/mol. The Kier molecular flexibility index (Phi) is 5.52. The Morgan fingerprint density at radius 3 is 1.63 bits per heavy atom. The molecule has 2 N–H and O–H groups in total. The Balaban J connectivity index is 2.54. The second kappa shape index (κ2) is 7.07. The van der Waals surface area contributed by atoms with Crippen molar-refractivity contribution in [1.29, 1.82) is 0 Å². The molecule has 2 aromatic carbocycles. The van der Waals surface area contributed by atoms with Gasteiger partial charge in [0.15, 0.2) is 0 Å². The van der Waals surface area contributed by atoms with Crippen LogP contribution in [0.25, 0.3) is 0 Å². The first-order chi connectivity index (χ1) is 12.3. The van der Waals surface area contributed by atoms with Crippen LogP contribution in [0.4, 0.5) is 42.1 Å². The number of rotatable bonds is 6. The van der Waals surface area contributed by atoms with Crippen LogP contribution in [0.15, 0.2) is 54.6 Å². The lowest BCUT2D eigenvalue weighted by Gasteiger charge is -2.35. The molecule has 0 radical (unpaired) electrons. The molecule has 3 nitrogen and oxygen atoms in total. The van der Waals surface area contributed by atoms with Crippen molar-refractivity contribution >= 4 is 18.8 Å². The molecule has 1 unspecified atom stereocenters. The summed E-state index contributed by atoms with van der Waals surface area (Å²) < 4.78 is 106. The maximum atomic E-state index is 14.3. The van der Waals surface area contributed by atoms with Gasteiger partial charge in [-0.25, -0.2) is 0 Å². The molecule has 0 aromatic heterocycles. The quantitative estimate of drug-likeness (QED) is 0.419. The van der Waals surface area contributed by atoms with E-state index in [1.807, 2.05) is 0 Å². The summed E-state index contributed by atoms with van der Waals surface area (Å²) in [5.41, 5.74) is -5.96. The molecule has 0 fully saturated rings. The standard InChI is InChI=1S/C16H14F7N2OP/c1-11-7-9-13(10-8-11)25-27(26,24-12-5-3-2-4-6-12)16(22,23)14(17,18)15(19,20)21/h2-10H,1H3,(H2,24,25,26). The summed E-state index contributed by atoms with van der Waals surface area (Å²) in [5.74, 6) is -6.55. The topological polar surface area (TPSA) is 41.1 Å². The summed E-state index contributed by atoms with van der Waals surface area (Å²) in [4.78, 5) is 0. The van der Waals surface area contributed by atoms with E-state index in [-0.39, 0.29) is 11.4 Å². The average molecular weight is 414 g/mol. The second-order valence-corrected chi connectivity index (χ2v) is 7.91. The van der Waals surface area contributed by atoms with Crippen molar-refractivity contribution in [1.82, 2.24) is 0 Å². The number of benzene rings is 2. The number of alkyl halides is 7. The minimum Gasteiger partial charge on any atom is -0.316 e. The van der Waals surface area contributed by atoms with Gasteiger partial charge >= 0.3 is 25.2 Å². The number of hydrogen-bond donors (Lipinski definition) is 2. The summed E-state index contributed by atoms with van der Waals surface area (Å²) >= 11 is 0. The highest BCUT2D eigenvalue weighted by Crippen LogP contribution is 2.67. The van der Waals surface area contributed by atoms with E-state index in [9.17, 15) is 35.3 Å². The summed E-state index contributed by atoms with van der Waals surface area (Å²) in [7, 11) is -5.90. The maximum Gasteiger partial charge on any atom is 0.460 e. The van der Waals surface area contributed by atoms with Crippen LogP contribution in [0.5, 0.6) is 0 Å².